The monoisotopic (exact) mass is 212 g/mol. The number of hydrogen-bond acceptors (Lipinski definition) is 0. The van der Waals surface area contributed by atoms with Crippen LogP contribution in [0.2, 0.25) is 0 Å². The highest BCUT2D eigenvalue weighted by atomic mass is 14.8. The molecule has 5 fully saturated rings. The fraction of sp³-hybridized carbons (Fsp3) is 0.875. The van der Waals surface area contributed by atoms with Crippen molar-refractivity contribution < 1.29 is 0 Å². The first-order chi connectivity index (χ1) is 7.95. The molecule has 8 unspecified atom stereocenters. The Bertz CT molecular complexity index is 372. The van der Waals surface area contributed by atoms with Crippen LogP contribution in [0.5, 0.6) is 0 Å². The maximum atomic E-state index is 2.67. The molecule has 0 nitrogen and oxygen atoms in total. The van der Waals surface area contributed by atoms with E-state index in [4.69, 9.17) is 0 Å². The molecular formula is C16H20. The molecule has 0 bridgehead atoms. The van der Waals surface area contributed by atoms with Crippen LogP contribution in [0.1, 0.15) is 25.7 Å². The minimum atomic E-state index is 1.05. The van der Waals surface area contributed by atoms with Gasteiger partial charge in [-0.2, -0.15) is 0 Å². The molecular weight excluding hydrogens is 192 g/mol. The van der Waals surface area contributed by atoms with Crippen molar-refractivity contribution in [2.45, 2.75) is 25.7 Å². The van der Waals surface area contributed by atoms with Gasteiger partial charge in [0, 0.05) is 0 Å². The van der Waals surface area contributed by atoms with Gasteiger partial charge in [0.05, 0.1) is 0 Å². The lowest BCUT2D eigenvalue weighted by molar-refractivity contribution is 0.300. The maximum Gasteiger partial charge on any atom is -0.0165 e. The quantitative estimate of drug-likeness (QED) is 0.540. The highest BCUT2D eigenvalue weighted by Gasteiger charge is 2.73. The Morgan fingerprint density at radius 3 is 1.56 bits per heavy atom. The molecule has 0 aromatic carbocycles. The van der Waals surface area contributed by atoms with Gasteiger partial charge in [-0.3, -0.25) is 0 Å². The van der Waals surface area contributed by atoms with Crippen LogP contribution in [0.25, 0.3) is 0 Å². The van der Waals surface area contributed by atoms with Crippen molar-refractivity contribution in [1.82, 2.24) is 0 Å². The Morgan fingerprint density at radius 2 is 1.00 bits per heavy atom. The van der Waals surface area contributed by atoms with Gasteiger partial charge >= 0.3 is 0 Å². The molecule has 0 N–H and O–H groups in total. The lowest BCUT2D eigenvalue weighted by Gasteiger charge is -2.20. The molecule has 16 heavy (non-hydrogen) atoms. The molecule has 6 aliphatic carbocycles. The number of allylic oxidation sites excluding steroid dienone is 2. The average Bonchev–Trinajstić information content (AvgIpc) is 2.97. The van der Waals surface area contributed by atoms with E-state index < -0.39 is 0 Å². The molecule has 6 aliphatic rings. The third-order valence-electron chi connectivity index (χ3n) is 7.96. The van der Waals surface area contributed by atoms with Crippen molar-refractivity contribution in [2.24, 2.45) is 59.2 Å². The molecule has 6 rings (SSSR count). The molecule has 5 saturated carbocycles. The van der Waals surface area contributed by atoms with E-state index in [1.54, 1.807) is 25.7 Å². The van der Waals surface area contributed by atoms with E-state index >= 15 is 0 Å². The fourth-order valence-electron chi connectivity index (χ4n) is 8.12. The third kappa shape index (κ3) is 0.567. The van der Waals surface area contributed by atoms with Gasteiger partial charge in [0.1, 0.15) is 0 Å². The summed E-state index contributed by atoms with van der Waals surface area (Å²) in [5.41, 5.74) is 0. The third-order valence-corrected chi connectivity index (χ3v) is 7.96. The van der Waals surface area contributed by atoms with E-state index in [0.717, 1.165) is 29.6 Å². The van der Waals surface area contributed by atoms with Crippen LogP contribution in [0.15, 0.2) is 12.2 Å². The molecule has 0 aromatic rings. The Morgan fingerprint density at radius 1 is 0.500 bits per heavy atom. The first kappa shape index (κ1) is 7.95. The number of hydrogen-bond donors (Lipinski definition) is 0. The van der Waals surface area contributed by atoms with Crippen LogP contribution >= 0.6 is 0 Å². The number of fused-ring (bicyclic) bond motifs is 3. The Labute approximate surface area is 97.5 Å². The molecule has 0 aromatic heterocycles. The zero-order chi connectivity index (χ0) is 10.0. The predicted molar refractivity (Wildman–Crippen MR) is 62.5 cm³/mol. The van der Waals surface area contributed by atoms with Gasteiger partial charge in [0.2, 0.25) is 0 Å². The van der Waals surface area contributed by atoms with Crippen molar-refractivity contribution in [3.05, 3.63) is 12.2 Å². The highest BCUT2D eigenvalue weighted by molar-refractivity contribution is 5.28. The molecule has 0 saturated heterocycles. The van der Waals surface area contributed by atoms with Gasteiger partial charge in [-0.1, -0.05) is 12.2 Å². The van der Waals surface area contributed by atoms with E-state index in [2.05, 4.69) is 12.2 Å². The van der Waals surface area contributed by atoms with Crippen molar-refractivity contribution in [1.29, 1.82) is 0 Å². The Hall–Kier alpha value is -0.260. The lowest BCUT2D eigenvalue weighted by atomic mass is 9.84. The molecule has 0 heteroatoms. The van der Waals surface area contributed by atoms with Gasteiger partial charge in [-0.05, 0) is 84.9 Å². The average molecular weight is 212 g/mol. The van der Waals surface area contributed by atoms with Crippen LogP contribution in [0.4, 0.5) is 0 Å². The Kier molecular flexibility index (Phi) is 1.08. The van der Waals surface area contributed by atoms with Crippen LogP contribution in [0, 0.1) is 59.2 Å². The van der Waals surface area contributed by atoms with Gasteiger partial charge in [0.15, 0.2) is 0 Å². The topological polar surface area (TPSA) is 0 Å². The molecule has 84 valence electrons. The lowest BCUT2D eigenvalue weighted by Crippen LogP contribution is -2.15. The van der Waals surface area contributed by atoms with Gasteiger partial charge in [-0.15, -0.1) is 0 Å². The summed E-state index contributed by atoms with van der Waals surface area (Å²) in [5.74, 6) is 11.6. The summed E-state index contributed by atoms with van der Waals surface area (Å²) >= 11 is 0. The molecule has 0 heterocycles. The van der Waals surface area contributed by atoms with Gasteiger partial charge in [-0.25, -0.2) is 0 Å². The van der Waals surface area contributed by atoms with Crippen LogP contribution in [-0.2, 0) is 0 Å². The van der Waals surface area contributed by atoms with Crippen molar-refractivity contribution in [3.63, 3.8) is 0 Å². The minimum Gasteiger partial charge on any atom is -0.0845 e. The molecule has 0 aliphatic heterocycles. The second-order valence-electron chi connectivity index (χ2n) is 7.66. The first-order valence-electron chi connectivity index (χ1n) is 7.63. The zero-order valence-corrected chi connectivity index (χ0v) is 9.76. The summed E-state index contributed by atoms with van der Waals surface area (Å²) in [7, 11) is 0. The van der Waals surface area contributed by atoms with E-state index in [1.807, 2.05) is 0 Å². The summed E-state index contributed by atoms with van der Waals surface area (Å²) in [6, 6.07) is 0. The number of rotatable bonds is 0. The van der Waals surface area contributed by atoms with Crippen LogP contribution in [0.3, 0.4) is 0 Å². The summed E-state index contributed by atoms with van der Waals surface area (Å²) in [6.07, 6.45) is 11.8. The second-order valence-corrected chi connectivity index (χ2v) is 7.66. The normalized spacial score (nSPS) is 75.5. The standard InChI is InChI=1S/C16H20/c1-2-8-10-5-6-12-11-4-3-9-7(1)13(8)16(14(9)11)15(10)12/h1-2,7-16H,3-6H2. The second kappa shape index (κ2) is 2.18. The fourth-order valence-corrected chi connectivity index (χ4v) is 8.12. The Balaban J connectivity index is 1.65. The SMILES string of the molecule is C1=CC2C3CCC4C5CCC6C1C2C(C65)C34. The highest BCUT2D eigenvalue weighted by Crippen LogP contribution is 2.78. The smallest absolute Gasteiger partial charge is 0.0165 e. The largest absolute Gasteiger partial charge is 0.0845 e. The summed E-state index contributed by atoms with van der Waals surface area (Å²) < 4.78 is 0. The molecule has 0 spiro atoms. The van der Waals surface area contributed by atoms with E-state index in [9.17, 15) is 0 Å². The molecule has 8 atom stereocenters. The minimum absolute atomic E-state index is 1.05. The van der Waals surface area contributed by atoms with Crippen molar-refractivity contribution in [2.75, 3.05) is 0 Å². The maximum absolute atomic E-state index is 2.67. The van der Waals surface area contributed by atoms with Crippen LogP contribution in [-0.4, -0.2) is 0 Å². The van der Waals surface area contributed by atoms with Gasteiger partial charge < -0.3 is 0 Å². The summed E-state index contributed by atoms with van der Waals surface area (Å²) in [6.45, 7) is 0. The van der Waals surface area contributed by atoms with Crippen LogP contribution < -0.4 is 0 Å². The first-order valence-corrected chi connectivity index (χ1v) is 7.63. The van der Waals surface area contributed by atoms with E-state index in [0.29, 0.717) is 0 Å². The molecule has 0 radical (unpaired) electrons. The summed E-state index contributed by atoms with van der Waals surface area (Å²) in [4.78, 5) is 0. The van der Waals surface area contributed by atoms with Gasteiger partial charge in [0.25, 0.3) is 0 Å². The van der Waals surface area contributed by atoms with E-state index in [1.165, 1.54) is 29.6 Å². The van der Waals surface area contributed by atoms with Crippen molar-refractivity contribution >= 4 is 0 Å². The molecule has 0 amide bonds. The van der Waals surface area contributed by atoms with E-state index in [-0.39, 0.29) is 0 Å². The van der Waals surface area contributed by atoms with Crippen molar-refractivity contribution in [3.8, 4) is 0 Å². The summed E-state index contributed by atoms with van der Waals surface area (Å²) in [5, 5.41) is 0. The zero-order valence-electron chi connectivity index (χ0n) is 9.76. The predicted octanol–water partition coefficient (Wildman–Crippen LogP) is 3.35.